The Balaban J connectivity index is 2.34. The summed E-state index contributed by atoms with van der Waals surface area (Å²) < 4.78 is 5.40. The lowest BCUT2D eigenvalue weighted by molar-refractivity contribution is -0.137. The molecule has 0 aliphatic carbocycles. The van der Waals surface area contributed by atoms with Crippen molar-refractivity contribution in [2.45, 2.75) is 18.9 Å². The highest BCUT2D eigenvalue weighted by atomic mass is 16.5. The molecule has 1 aromatic heterocycles. The Labute approximate surface area is 105 Å². The van der Waals surface area contributed by atoms with Crippen molar-refractivity contribution in [2.75, 3.05) is 7.11 Å². The van der Waals surface area contributed by atoms with E-state index in [1.54, 1.807) is 7.11 Å². The van der Waals surface area contributed by atoms with Gasteiger partial charge in [-0.05, 0) is 18.6 Å². The fraction of sp³-hybridized carbons (Fsp3) is 0.308. The highest BCUT2D eigenvalue weighted by molar-refractivity contribution is 5.87. The lowest BCUT2D eigenvalue weighted by Gasteiger charge is -2.15. The SMILES string of the molecule is COc1c(C(N)CCC(=O)O)ccc2[nH]ccc12. The molecule has 0 saturated carbocycles. The Bertz CT molecular complexity index is 562. The third kappa shape index (κ3) is 2.31. The normalized spacial score (nSPS) is 12.6. The van der Waals surface area contributed by atoms with Crippen LogP contribution in [0.2, 0.25) is 0 Å². The van der Waals surface area contributed by atoms with E-state index < -0.39 is 5.97 Å². The summed E-state index contributed by atoms with van der Waals surface area (Å²) in [6.07, 6.45) is 2.27. The lowest BCUT2D eigenvalue weighted by Crippen LogP contribution is -2.13. The van der Waals surface area contributed by atoms with E-state index in [1.165, 1.54) is 0 Å². The van der Waals surface area contributed by atoms with Gasteiger partial charge >= 0.3 is 5.97 Å². The highest BCUT2D eigenvalue weighted by Crippen LogP contribution is 2.33. The Morgan fingerprint density at radius 2 is 2.28 bits per heavy atom. The van der Waals surface area contributed by atoms with Gasteiger partial charge in [-0.2, -0.15) is 0 Å². The third-order valence-electron chi connectivity index (χ3n) is 2.99. The van der Waals surface area contributed by atoms with Gasteiger partial charge in [0, 0.05) is 35.1 Å². The standard InChI is InChI=1S/C13H16N2O3/c1-18-13-8(10(14)3-5-12(16)17)2-4-11-9(13)6-7-15-11/h2,4,6-7,10,15H,3,5,14H2,1H3,(H,16,17). The van der Waals surface area contributed by atoms with Crippen molar-refractivity contribution in [1.82, 2.24) is 4.98 Å². The van der Waals surface area contributed by atoms with Gasteiger partial charge in [-0.15, -0.1) is 0 Å². The van der Waals surface area contributed by atoms with Crippen LogP contribution in [-0.2, 0) is 4.79 Å². The number of hydrogen-bond donors (Lipinski definition) is 3. The minimum Gasteiger partial charge on any atom is -0.496 e. The quantitative estimate of drug-likeness (QED) is 0.755. The predicted octanol–water partition coefficient (Wildman–Crippen LogP) is 2.04. The summed E-state index contributed by atoms with van der Waals surface area (Å²) in [5, 5.41) is 9.64. The second-order valence-corrected chi connectivity index (χ2v) is 4.17. The zero-order valence-corrected chi connectivity index (χ0v) is 10.1. The largest absolute Gasteiger partial charge is 0.496 e. The number of rotatable bonds is 5. The van der Waals surface area contributed by atoms with Crippen LogP contribution in [0.5, 0.6) is 5.75 Å². The second kappa shape index (κ2) is 5.10. The molecule has 2 rings (SSSR count). The monoisotopic (exact) mass is 248 g/mol. The van der Waals surface area contributed by atoms with Crippen molar-refractivity contribution in [3.05, 3.63) is 30.0 Å². The molecule has 5 heteroatoms. The number of nitrogens with one attached hydrogen (secondary N) is 1. The minimum atomic E-state index is -0.841. The van der Waals surface area contributed by atoms with Crippen LogP contribution in [0.1, 0.15) is 24.4 Å². The molecule has 5 nitrogen and oxygen atoms in total. The Hall–Kier alpha value is -2.01. The maximum Gasteiger partial charge on any atom is 0.303 e. The van der Waals surface area contributed by atoms with E-state index in [1.807, 2.05) is 24.4 Å². The van der Waals surface area contributed by atoms with Crippen LogP contribution in [0.15, 0.2) is 24.4 Å². The van der Waals surface area contributed by atoms with E-state index in [2.05, 4.69) is 4.98 Å². The molecule has 0 aliphatic heterocycles. The number of carboxylic acids is 1. The second-order valence-electron chi connectivity index (χ2n) is 4.17. The van der Waals surface area contributed by atoms with Crippen LogP contribution in [-0.4, -0.2) is 23.2 Å². The summed E-state index contributed by atoms with van der Waals surface area (Å²) in [6, 6.07) is 5.38. The molecular weight excluding hydrogens is 232 g/mol. The molecule has 0 amide bonds. The molecule has 96 valence electrons. The number of hydrogen-bond acceptors (Lipinski definition) is 3. The first kappa shape index (κ1) is 12.4. The molecule has 0 bridgehead atoms. The molecule has 0 aliphatic rings. The average molecular weight is 248 g/mol. The summed E-state index contributed by atoms with van der Waals surface area (Å²) in [5.41, 5.74) is 7.84. The van der Waals surface area contributed by atoms with Gasteiger partial charge in [-0.25, -0.2) is 0 Å². The number of H-pyrrole nitrogens is 1. The molecule has 1 atom stereocenters. The maximum atomic E-state index is 10.6. The predicted molar refractivity (Wildman–Crippen MR) is 68.6 cm³/mol. The molecule has 1 aromatic carbocycles. The molecular formula is C13H16N2O3. The fourth-order valence-corrected chi connectivity index (χ4v) is 2.08. The summed E-state index contributed by atoms with van der Waals surface area (Å²) in [4.78, 5) is 13.7. The molecule has 1 unspecified atom stereocenters. The third-order valence-corrected chi connectivity index (χ3v) is 2.99. The smallest absolute Gasteiger partial charge is 0.303 e. The lowest BCUT2D eigenvalue weighted by atomic mass is 10.00. The minimum absolute atomic E-state index is 0.0511. The first-order valence-corrected chi connectivity index (χ1v) is 5.75. The van der Waals surface area contributed by atoms with E-state index in [0.717, 1.165) is 16.5 Å². The van der Waals surface area contributed by atoms with E-state index in [4.69, 9.17) is 15.6 Å². The van der Waals surface area contributed by atoms with Crippen molar-refractivity contribution in [3.8, 4) is 5.75 Å². The van der Waals surface area contributed by atoms with Gasteiger partial charge in [0.25, 0.3) is 0 Å². The van der Waals surface area contributed by atoms with Crippen LogP contribution in [0, 0.1) is 0 Å². The molecule has 4 N–H and O–H groups in total. The Morgan fingerprint density at radius 1 is 1.50 bits per heavy atom. The van der Waals surface area contributed by atoms with E-state index >= 15 is 0 Å². The van der Waals surface area contributed by atoms with Crippen molar-refractivity contribution >= 4 is 16.9 Å². The number of carbonyl (C=O) groups is 1. The van der Waals surface area contributed by atoms with Gasteiger partial charge in [-0.1, -0.05) is 6.07 Å². The van der Waals surface area contributed by atoms with E-state index in [0.29, 0.717) is 12.2 Å². The summed E-state index contributed by atoms with van der Waals surface area (Å²) in [5.74, 6) is -0.126. The van der Waals surface area contributed by atoms with Gasteiger partial charge in [0.2, 0.25) is 0 Å². The van der Waals surface area contributed by atoms with Gasteiger partial charge in [0.15, 0.2) is 0 Å². The van der Waals surface area contributed by atoms with Gasteiger partial charge < -0.3 is 20.6 Å². The molecule has 18 heavy (non-hydrogen) atoms. The Kier molecular flexibility index (Phi) is 3.53. The van der Waals surface area contributed by atoms with Crippen molar-refractivity contribution in [2.24, 2.45) is 5.73 Å². The molecule has 2 aromatic rings. The number of nitrogens with two attached hydrogens (primary N) is 1. The molecule has 0 fully saturated rings. The van der Waals surface area contributed by atoms with Crippen molar-refractivity contribution in [1.29, 1.82) is 0 Å². The topological polar surface area (TPSA) is 88.3 Å². The average Bonchev–Trinajstić information content (AvgIpc) is 2.82. The van der Waals surface area contributed by atoms with Gasteiger partial charge in [-0.3, -0.25) is 4.79 Å². The van der Waals surface area contributed by atoms with Crippen LogP contribution < -0.4 is 10.5 Å². The number of fused-ring (bicyclic) bond motifs is 1. The number of aromatic amines is 1. The van der Waals surface area contributed by atoms with Crippen molar-refractivity contribution in [3.63, 3.8) is 0 Å². The molecule has 0 spiro atoms. The fourth-order valence-electron chi connectivity index (χ4n) is 2.08. The van der Waals surface area contributed by atoms with Gasteiger partial charge in [0.1, 0.15) is 5.75 Å². The van der Waals surface area contributed by atoms with E-state index in [-0.39, 0.29) is 12.5 Å². The zero-order chi connectivity index (χ0) is 13.1. The van der Waals surface area contributed by atoms with Crippen LogP contribution in [0.3, 0.4) is 0 Å². The summed E-state index contributed by atoms with van der Waals surface area (Å²) in [7, 11) is 1.59. The number of benzene rings is 1. The Morgan fingerprint density at radius 3 is 2.94 bits per heavy atom. The number of aromatic nitrogens is 1. The molecule has 1 heterocycles. The molecule has 0 saturated heterocycles. The number of aliphatic carboxylic acids is 1. The number of methoxy groups -OCH3 is 1. The van der Waals surface area contributed by atoms with Crippen LogP contribution in [0.25, 0.3) is 10.9 Å². The van der Waals surface area contributed by atoms with E-state index in [9.17, 15) is 4.79 Å². The summed E-state index contributed by atoms with van der Waals surface area (Å²) >= 11 is 0. The first-order chi connectivity index (χ1) is 8.63. The summed E-state index contributed by atoms with van der Waals surface area (Å²) in [6.45, 7) is 0. The maximum absolute atomic E-state index is 10.6. The van der Waals surface area contributed by atoms with Crippen LogP contribution >= 0.6 is 0 Å². The number of carboxylic acid groups (broad SMARTS) is 1. The zero-order valence-electron chi connectivity index (χ0n) is 10.1. The number of ether oxygens (including phenoxy) is 1. The molecule has 0 radical (unpaired) electrons. The first-order valence-electron chi connectivity index (χ1n) is 5.75. The highest BCUT2D eigenvalue weighted by Gasteiger charge is 2.16. The van der Waals surface area contributed by atoms with Crippen molar-refractivity contribution < 1.29 is 14.6 Å². The van der Waals surface area contributed by atoms with Crippen LogP contribution in [0.4, 0.5) is 0 Å². The van der Waals surface area contributed by atoms with Gasteiger partial charge in [0.05, 0.1) is 7.11 Å².